The summed E-state index contributed by atoms with van der Waals surface area (Å²) in [6.45, 7) is 1.04. The molecule has 4 rings (SSSR count). The molecular weight excluding hydrogens is 532 g/mol. The highest BCUT2D eigenvalue weighted by atomic mass is 35.5. The molecule has 0 saturated carbocycles. The fourth-order valence-corrected chi connectivity index (χ4v) is 5.57. The summed E-state index contributed by atoms with van der Waals surface area (Å²) in [7, 11) is -4.09. The second-order valence-electron chi connectivity index (χ2n) is 8.70. The molecule has 0 bridgehead atoms. The number of carboxylic acid groups (broad SMARTS) is 1. The minimum absolute atomic E-state index is 0.0809. The van der Waals surface area contributed by atoms with Crippen molar-refractivity contribution in [3.05, 3.63) is 77.6 Å². The van der Waals surface area contributed by atoms with Crippen molar-refractivity contribution in [1.82, 2.24) is 20.0 Å². The van der Waals surface area contributed by atoms with Gasteiger partial charge in [0.25, 0.3) is 5.91 Å². The van der Waals surface area contributed by atoms with Crippen LogP contribution in [-0.2, 0) is 14.8 Å². The van der Waals surface area contributed by atoms with E-state index in [1.807, 2.05) is 0 Å². The van der Waals surface area contributed by atoms with E-state index in [4.69, 9.17) is 11.6 Å². The third-order valence-electron chi connectivity index (χ3n) is 6.00. The van der Waals surface area contributed by atoms with Crippen molar-refractivity contribution in [2.75, 3.05) is 29.9 Å². The molecule has 1 amide bonds. The van der Waals surface area contributed by atoms with Crippen LogP contribution in [0.3, 0.4) is 0 Å². The molecule has 38 heavy (non-hydrogen) atoms. The number of aromatic nitrogens is 2. The van der Waals surface area contributed by atoms with Crippen molar-refractivity contribution in [2.24, 2.45) is 0 Å². The van der Waals surface area contributed by atoms with E-state index in [2.05, 4.69) is 30.2 Å². The Hall–Kier alpha value is -3.74. The van der Waals surface area contributed by atoms with Gasteiger partial charge in [0.2, 0.25) is 16.0 Å². The first-order valence-electron chi connectivity index (χ1n) is 11.9. The molecule has 0 spiro atoms. The number of carbonyl (C=O) groups excluding carboxylic acids is 1. The number of aliphatic carboxylic acids is 1. The number of rotatable bonds is 10. The van der Waals surface area contributed by atoms with Gasteiger partial charge in [-0.05, 0) is 49.2 Å². The summed E-state index contributed by atoms with van der Waals surface area (Å²) in [6, 6.07) is 12.7. The summed E-state index contributed by atoms with van der Waals surface area (Å²) in [5, 5.41) is 15.5. The molecule has 200 valence electrons. The first kappa shape index (κ1) is 27.3. The van der Waals surface area contributed by atoms with Gasteiger partial charge in [0, 0.05) is 43.8 Å². The summed E-state index contributed by atoms with van der Waals surface area (Å²) < 4.78 is 27.1. The zero-order valence-corrected chi connectivity index (χ0v) is 21.8. The molecule has 0 radical (unpaired) electrons. The standard InChI is InChI=1S/C25H27ClN6O5S/c26-21-14-18(32-13-4-6-17(16-32)30-25-27-11-5-12-28-25)9-10-20(21)23(33)29-15-22(24(34)35)31-38(36,37)19-7-2-1-3-8-19/h1-3,5,7-12,14,17,22,31H,4,6,13,15-16H2,(H,29,33)(H,34,35)(H,27,28,30). The normalized spacial score (nSPS) is 16.4. The Balaban J connectivity index is 1.37. The number of halogens is 1. The summed E-state index contributed by atoms with van der Waals surface area (Å²) in [5.41, 5.74) is 0.987. The fourth-order valence-electron chi connectivity index (χ4n) is 4.09. The number of benzene rings is 2. The van der Waals surface area contributed by atoms with Gasteiger partial charge in [0.15, 0.2) is 0 Å². The van der Waals surface area contributed by atoms with E-state index in [-0.39, 0.29) is 21.5 Å². The number of carbonyl (C=O) groups is 2. The lowest BCUT2D eigenvalue weighted by molar-refractivity contribution is -0.138. The molecule has 11 nitrogen and oxygen atoms in total. The van der Waals surface area contributed by atoms with Crippen molar-refractivity contribution in [2.45, 2.75) is 29.8 Å². The molecule has 4 N–H and O–H groups in total. The lowest BCUT2D eigenvalue weighted by Gasteiger charge is -2.35. The number of hydrogen-bond donors (Lipinski definition) is 4. The molecule has 3 aromatic rings. The molecule has 2 unspecified atom stereocenters. The van der Waals surface area contributed by atoms with Gasteiger partial charge in [-0.15, -0.1) is 0 Å². The molecule has 0 aliphatic carbocycles. The van der Waals surface area contributed by atoms with E-state index in [0.29, 0.717) is 12.5 Å². The molecule has 1 aliphatic heterocycles. The van der Waals surface area contributed by atoms with Crippen molar-refractivity contribution >= 4 is 45.1 Å². The number of hydrogen-bond acceptors (Lipinski definition) is 8. The maximum Gasteiger partial charge on any atom is 0.323 e. The number of amides is 1. The molecule has 1 fully saturated rings. The SMILES string of the molecule is O=C(NCC(NS(=O)(=O)c1ccccc1)C(=O)O)c1ccc(N2CCCC(Nc3ncccn3)C2)cc1Cl. The Bertz CT molecular complexity index is 1380. The quantitative estimate of drug-likeness (QED) is 0.293. The highest BCUT2D eigenvalue weighted by Crippen LogP contribution is 2.27. The third-order valence-corrected chi connectivity index (χ3v) is 7.80. The van der Waals surface area contributed by atoms with Crippen LogP contribution in [-0.4, -0.2) is 67.1 Å². The molecule has 2 atom stereocenters. The van der Waals surface area contributed by atoms with E-state index >= 15 is 0 Å². The van der Waals surface area contributed by atoms with Crippen LogP contribution in [0.25, 0.3) is 0 Å². The van der Waals surface area contributed by atoms with Crippen LogP contribution in [0.4, 0.5) is 11.6 Å². The van der Waals surface area contributed by atoms with Crippen LogP contribution < -0.4 is 20.3 Å². The molecule has 1 aromatic heterocycles. The Morgan fingerprint density at radius 1 is 1.11 bits per heavy atom. The lowest BCUT2D eigenvalue weighted by atomic mass is 10.0. The number of sulfonamides is 1. The van der Waals surface area contributed by atoms with Crippen molar-refractivity contribution in [1.29, 1.82) is 0 Å². The molecule has 1 saturated heterocycles. The summed E-state index contributed by atoms with van der Waals surface area (Å²) in [5.74, 6) is -1.48. The number of nitrogens with zero attached hydrogens (tertiary/aromatic N) is 3. The molecule has 13 heteroatoms. The van der Waals surface area contributed by atoms with E-state index in [1.165, 1.54) is 24.3 Å². The van der Waals surface area contributed by atoms with E-state index < -0.39 is 34.5 Å². The van der Waals surface area contributed by atoms with Crippen LogP contribution in [0.15, 0.2) is 71.9 Å². The highest BCUT2D eigenvalue weighted by Gasteiger charge is 2.27. The van der Waals surface area contributed by atoms with Crippen LogP contribution in [0.1, 0.15) is 23.2 Å². The third kappa shape index (κ3) is 6.97. The van der Waals surface area contributed by atoms with Crippen LogP contribution in [0.2, 0.25) is 5.02 Å². The second kappa shape index (κ2) is 12.2. The van der Waals surface area contributed by atoms with Crippen LogP contribution in [0.5, 0.6) is 0 Å². The van der Waals surface area contributed by atoms with Gasteiger partial charge in [-0.2, -0.15) is 4.72 Å². The zero-order chi connectivity index (χ0) is 27.1. The van der Waals surface area contributed by atoms with Gasteiger partial charge in [-0.3, -0.25) is 9.59 Å². The molecule has 2 aromatic carbocycles. The van der Waals surface area contributed by atoms with Crippen molar-refractivity contribution in [3.8, 4) is 0 Å². The number of piperidine rings is 1. The van der Waals surface area contributed by atoms with Gasteiger partial charge in [0.1, 0.15) is 6.04 Å². The molecule has 1 aliphatic rings. The van der Waals surface area contributed by atoms with E-state index in [9.17, 15) is 23.1 Å². The van der Waals surface area contributed by atoms with Crippen LogP contribution in [0, 0.1) is 0 Å². The monoisotopic (exact) mass is 558 g/mol. The predicted molar refractivity (Wildman–Crippen MR) is 143 cm³/mol. The number of carboxylic acids is 1. The Morgan fingerprint density at radius 3 is 2.53 bits per heavy atom. The van der Waals surface area contributed by atoms with Gasteiger partial charge >= 0.3 is 5.97 Å². The maximum absolute atomic E-state index is 12.8. The zero-order valence-electron chi connectivity index (χ0n) is 20.2. The smallest absolute Gasteiger partial charge is 0.323 e. The molecular formula is C25H27ClN6O5S. The highest BCUT2D eigenvalue weighted by molar-refractivity contribution is 7.89. The summed E-state index contributed by atoms with van der Waals surface area (Å²) >= 11 is 6.42. The maximum atomic E-state index is 12.8. The largest absolute Gasteiger partial charge is 0.480 e. The van der Waals surface area contributed by atoms with Crippen LogP contribution >= 0.6 is 11.6 Å². The second-order valence-corrected chi connectivity index (χ2v) is 10.8. The molecule has 2 heterocycles. The number of anilines is 2. The Kier molecular flexibility index (Phi) is 8.77. The first-order valence-corrected chi connectivity index (χ1v) is 13.8. The van der Waals surface area contributed by atoms with E-state index in [0.717, 1.165) is 25.1 Å². The predicted octanol–water partition coefficient (Wildman–Crippen LogP) is 2.37. The topological polar surface area (TPSA) is 154 Å². The average molecular weight is 559 g/mol. The van der Waals surface area contributed by atoms with Crippen molar-refractivity contribution in [3.63, 3.8) is 0 Å². The fraction of sp³-hybridized carbons (Fsp3) is 0.280. The minimum Gasteiger partial charge on any atom is -0.480 e. The average Bonchev–Trinajstić information content (AvgIpc) is 2.92. The Labute approximate surface area is 225 Å². The number of nitrogens with one attached hydrogen (secondary N) is 3. The van der Waals surface area contributed by atoms with Gasteiger partial charge < -0.3 is 20.6 Å². The van der Waals surface area contributed by atoms with Gasteiger partial charge in [-0.1, -0.05) is 29.8 Å². The lowest BCUT2D eigenvalue weighted by Crippen LogP contribution is -2.48. The summed E-state index contributed by atoms with van der Waals surface area (Å²) in [4.78, 5) is 34.9. The van der Waals surface area contributed by atoms with Gasteiger partial charge in [-0.25, -0.2) is 18.4 Å². The van der Waals surface area contributed by atoms with Gasteiger partial charge in [0.05, 0.1) is 15.5 Å². The summed E-state index contributed by atoms with van der Waals surface area (Å²) in [6.07, 6.45) is 5.26. The first-order chi connectivity index (χ1) is 18.2. The Morgan fingerprint density at radius 2 is 1.84 bits per heavy atom. The van der Waals surface area contributed by atoms with Crippen molar-refractivity contribution < 1.29 is 23.1 Å². The van der Waals surface area contributed by atoms with E-state index in [1.54, 1.807) is 42.7 Å². The minimum atomic E-state index is -4.09.